The first kappa shape index (κ1) is 13.7. The summed E-state index contributed by atoms with van der Waals surface area (Å²) in [6.45, 7) is 2.13. The zero-order valence-electron chi connectivity index (χ0n) is 12.0. The number of hydrogen-bond donors (Lipinski definition) is 0. The Morgan fingerprint density at radius 1 is 1.05 bits per heavy atom. The summed E-state index contributed by atoms with van der Waals surface area (Å²) in [5.41, 5.74) is 5.52. The molecular formula is C19H21Cl. The molecule has 20 heavy (non-hydrogen) atoms. The topological polar surface area (TPSA) is 0 Å². The predicted octanol–water partition coefficient (Wildman–Crippen LogP) is 5.47. The fourth-order valence-electron chi connectivity index (χ4n) is 3.22. The van der Waals surface area contributed by atoms with Crippen molar-refractivity contribution in [2.45, 2.75) is 38.0 Å². The first-order chi connectivity index (χ1) is 9.74. The Bertz CT molecular complexity index is 571. The number of alkyl halides is 1. The van der Waals surface area contributed by atoms with Crippen LogP contribution in [0.4, 0.5) is 0 Å². The van der Waals surface area contributed by atoms with Crippen LogP contribution in [0.25, 0.3) is 0 Å². The molecule has 0 amide bonds. The van der Waals surface area contributed by atoms with Gasteiger partial charge in [0.25, 0.3) is 0 Å². The third kappa shape index (κ3) is 2.91. The normalized spacial score (nSPS) is 22.1. The molecule has 0 spiro atoms. The summed E-state index contributed by atoms with van der Waals surface area (Å²) in [5.74, 6) is 0.544. The van der Waals surface area contributed by atoms with E-state index in [-0.39, 0.29) is 5.38 Å². The molecule has 0 aliphatic heterocycles. The lowest BCUT2D eigenvalue weighted by Crippen LogP contribution is -2.10. The summed E-state index contributed by atoms with van der Waals surface area (Å²) in [7, 11) is 0. The van der Waals surface area contributed by atoms with Crippen molar-refractivity contribution in [1.82, 2.24) is 0 Å². The summed E-state index contributed by atoms with van der Waals surface area (Å²) >= 11 is 6.80. The van der Waals surface area contributed by atoms with Crippen LogP contribution in [0.1, 0.15) is 40.5 Å². The second kappa shape index (κ2) is 6.01. The Balaban J connectivity index is 1.82. The Morgan fingerprint density at radius 2 is 1.80 bits per heavy atom. The molecule has 2 unspecified atom stereocenters. The number of aryl methyl sites for hydroxylation is 2. The van der Waals surface area contributed by atoms with Crippen LogP contribution in [0, 0.1) is 12.8 Å². The van der Waals surface area contributed by atoms with Crippen LogP contribution in [0.15, 0.2) is 48.5 Å². The van der Waals surface area contributed by atoms with Crippen molar-refractivity contribution in [2.75, 3.05) is 0 Å². The predicted molar refractivity (Wildman–Crippen MR) is 86.3 cm³/mol. The van der Waals surface area contributed by atoms with Gasteiger partial charge in [-0.2, -0.15) is 0 Å². The van der Waals surface area contributed by atoms with Gasteiger partial charge in [-0.15, -0.1) is 11.6 Å². The molecule has 0 saturated carbocycles. The van der Waals surface area contributed by atoms with Crippen molar-refractivity contribution in [3.8, 4) is 0 Å². The minimum absolute atomic E-state index is 0.148. The highest BCUT2D eigenvalue weighted by atomic mass is 35.5. The highest BCUT2D eigenvalue weighted by molar-refractivity contribution is 6.21. The van der Waals surface area contributed by atoms with Crippen LogP contribution in [-0.2, 0) is 12.8 Å². The van der Waals surface area contributed by atoms with E-state index in [1.165, 1.54) is 41.5 Å². The van der Waals surface area contributed by atoms with E-state index in [0.717, 1.165) is 6.42 Å². The van der Waals surface area contributed by atoms with Gasteiger partial charge < -0.3 is 0 Å². The maximum atomic E-state index is 6.80. The minimum Gasteiger partial charge on any atom is -0.117 e. The molecule has 1 aliphatic rings. The fourth-order valence-corrected chi connectivity index (χ4v) is 3.65. The van der Waals surface area contributed by atoms with Crippen LogP contribution in [-0.4, -0.2) is 0 Å². The lowest BCUT2D eigenvalue weighted by molar-refractivity contribution is 0.465. The van der Waals surface area contributed by atoms with Crippen LogP contribution in [0.3, 0.4) is 0 Å². The molecule has 104 valence electrons. The molecule has 2 aromatic rings. The molecule has 3 rings (SSSR count). The van der Waals surface area contributed by atoms with E-state index in [1.54, 1.807) is 0 Å². The quantitative estimate of drug-likeness (QED) is 0.507. The van der Waals surface area contributed by atoms with E-state index >= 15 is 0 Å². The maximum Gasteiger partial charge on any atom is 0.0619 e. The average molecular weight is 285 g/mol. The zero-order chi connectivity index (χ0) is 13.9. The van der Waals surface area contributed by atoms with Gasteiger partial charge in [0, 0.05) is 0 Å². The third-order valence-corrected chi connectivity index (χ3v) is 5.00. The molecule has 0 N–H and O–H groups in total. The third-order valence-electron chi connectivity index (χ3n) is 4.41. The second-order valence-electron chi connectivity index (χ2n) is 5.94. The smallest absolute Gasteiger partial charge is 0.0619 e. The van der Waals surface area contributed by atoms with Gasteiger partial charge in [0.15, 0.2) is 0 Å². The fraction of sp³-hybridized carbons (Fsp3) is 0.368. The van der Waals surface area contributed by atoms with Gasteiger partial charge in [-0.3, -0.25) is 0 Å². The first-order valence-corrected chi connectivity index (χ1v) is 7.95. The van der Waals surface area contributed by atoms with E-state index in [9.17, 15) is 0 Å². The number of benzene rings is 2. The summed E-state index contributed by atoms with van der Waals surface area (Å²) in [6.07, 6.45) is 4.72. The van der Waals surface area contributed by atoms with Gasteiger partial charge in [0.2, 0.25) is 0 Å². The lowest BCUT2D eigenvalue weighted by atomic mass is 9.90. The number of halogens is 1. The number of hydrogen-bond acceptors (Lipinski definition) is 0. The highest BCUT2D eigenvalue weighted by Gasteiger charge is 2.25. The Labute approximate surface area is 126 Å². The minimum atomic E-state index is 0.148. The van der Waals surface area contributed by atoms with E-state index in [4.69, 9.17) is 11.6 Å². The van der Waals surface area contributed by atoms with Crippen molar-refractivity contribution in [3.05, 3.63) is 70.8 Å². The second-order valence-corrected chi connectivity index (χ2v) is 6.41. The van der Waals surface area contributed by atoms with E-state index < -0.39 is 0 Å². The van der Waals surface area contributed by atoms with Gasteiger partial charge in [-0.1, -0.05) is 54.1 Å². The standard InChI is InChI=1S/C19H21Cl/c1-14-9-11-15(12-10-14)13-17-7-4-6-16-5-2-3-8-18(16)19(17)20/h2-3,5,8-12,17,19H,4,6-7,13H2,1H3. The summed E-state index contributed by atoms with van der Waals surface area (Å²) < 4.78 is 0. The summed E-state index contributed by atoms with van der Waals surface area (Å²) in [4.78, 5) is 0. The molecule has 1 aliphatic carbocycles. The maximum absolute atomic E-state index is 6.80. The summed E-state index contributed by atoms with van der Waals surface area (Å²) in [5, 5.41) is 0.148. The van der Waals surface area contributed by atoms with E-state index in [0.29, 0.717) is 5.92 Å². The molecule has 2 atom stereocenters. The van der Waals surface area contributed by atoms with Gasteiger partial charge in [-0.05, 0) is 55.2 Å². The van der Waals surface area contributed by atoms with Crippen LogP contribution in [0.2, 0.25) is 0 Å². The largest absolute Gasteiger partial charge is 0.117 e. The average Bonchev–Trinajstić information content (AvgIpc) is 2.62. The van der Waals surface area contributed by atoms with Crippen molar-refractivity contribution >= 4 is 11.6 Å². The lowest BCUT2D eigenvalue weighted by Gasteiger charge is -2.21. The molecule has 0 aromatic heterocycles. The SMILES string of the molecule is Cc1ccc(CC2CCCc3ccccc3C2Cl)cc1. The van der Waals surface area contributed by atoms with Crippen molar-refractivity contribution in [3.63, 3.8) is 0 Å². The molecule has 2 aromatic carbocycles. The van der Waals surface area contributed by atoms with Crippen molar-refractivity contribution in [1.29, 1.82) is 0 Å². The Morgan fingerprint density at radius 3 is 2.60 bits per heavy atom. The van der Waals surface area contributed by atoms with Crippen molar-refractivity contribution in [2.24, 2.45) is 5.92 Å². The molecule has 1 heteroatoms. The molecular weight excluding hydrogens is 264 g/mol. The van der Waals surface area contributed by atoms with Crippen LogP contribution >= 0.6 is 11.6 Å². The molecule has 0 radical (unpaired) electrons. The molecule has 0 heterocycles. The molecule has 0 bridgehead atoms. The first-order valence-electron chi connectivity index (χ1n) is 7.51. The number of rotatable bonds is 2. The van der Waals surface area contributed by atoms with Gasteiger partial charge in [0.05, 0.1) is 5.38 Å². The van der Waals surface area contributed by atoms with Crippen molar-refractivity contribution < 1.29 is 0 Å². The number of fused-ring (bicyclic) bond motifs is 1. The molecule has 0 nitrogen and oxygen atoms in total. The van der Waals surface area contributed by atoms with Crippen LogP contribution < -0.4 is 0 Å². The van der Waals surface area contributed by atoms with Crippen LogP contribution in [0.5, 0.6) is 0 Å². The highest BCUT2D eigenvalue weighted by Crippen LogP contribution is 2.39. The van der Waals surface area contributed by atoms with E-state index in [2.05, 4.69) is 55.5 Å². The van der Waals surface area contributed by atoms with E-state index in [1.807, 2.05) is 0 Å². The monoisotopic (exact) mass is 284 g/mol. The summed E-state index contributed by atoms with van der Waals surface area (Å²) in [6, 6.07) is 17.6. The molecule has 0 saturated heterocycles. The van der Waals surface area contributed by atoms with Gasteiger partial charge >= 0.3 is 0 Å². The Hall–Kier alpha value is -1.27. The van der Waals surface area contributed by atoms with Gasteiger partial charge in [-0.25, -0.2) is 0 Å². The molecule has 0 fully saturated rings. The Kier molecular flexibility index (Phi) is 4.12. The van der Waals surface area contributed by atoms with Gasteiger partial charge in [0.1, 0.15) is 0 Å². The zero-order valence-corrected chi connectivity index (χ0v) is 12.7.